The largest absolute Gasteiger partial charge is 0.346 e. The zero-order valence-corrected chi connectivity index (χ0v) is 13.5. The van der Waals surface area contributed by atoms with E-state index in [9.17, 15) is 4.79 Å². The zero-order valence-electron chi connectivity index (χ0n) is 13.5. The smallest absolute Gasteiger partial charge is 0.255 e. The SMILES string of the molecule is Cc1c[nH]c2ncc(C(=O)N(CCc3nn[nH]n3)CC3CC3)cc12. The Bertz CT molecular complexity index is 851. The first-order chi connectivity index (χ1) is 11.7. The first kappa shape index (κ1) is 14.8. The van der Waals surface area contributed by atoms with Crippen LogP contribution in [0.3, 0.4) is 0 Å². The number of H-pyrrole nitrogens is 2. The van der Waals surface area contributed by atoms with Crippen LogP contribution in [0.2, 0.25) is 0 Å². The number of rotatable bonds is 6. The number of carbonyl (C=O) groups excluding carboxylic acids is 1. The molecule has 0 unspecified atom stereocenters. The average molecular weight is 325 g/mol. The van der Waals surface area contributed by atoms with Gasteiger partial charge in [0, 0.05) is 37.3 Å². The zero-order chi connectivity index (χ0) is 16.5. The third-order valence-corrected chi connectivity index (χ3v) is 4.44. The normalized spacial score (nSPS) is 14.2. The number of tetrazole rings is 1. The van der Waals surface area contributed by atoms with Crippen molar-refractivity contribution in [2.75, 3.05) is 13.1 Å². The second-order valence-electron chi connectivity index (χ2n) is 6.36. The van der Waals surface area contributed by atoms with Gasteiger partial charge in [-0.05, 0) is 37.3 Å². The molecule has 8 nitrogen and oxygen atoms in total. The maximum Gasteiger partial charge on any atom is 0.255 e. The topological polar surface area (TPSA) is 103 Å². The summed E-state index contributed by atoms with van der Waals surface area (Å²) in [6.45, 7) is 3.37. The fraction of sp³-hybridized carbons (Fsp3) is 0.438. The molecule has 1 aliphatic carbocycles. The molecule has 0 bridgehead atoms. The summed E-state index contributed by atoms with van der Waals surface area (Å²) in [4.78, 5) is 22.3. The van der Waals surface area contributed by atoms with E-state index in [2.05, 4.69) is 30.6 Å². The Morgan fingerprint density at radius 3 is 3.04 bits per heavy atom. The van der Waals surface area contributed by atoms with E-state index in [1.54, 1.807) is 6.20 Å². The van der Waals surface area contributed by atoms with Crippen LogP contribution in [-0.4, -0.2) is 54.5 Å². The van der Waals surface area contributed by atoms with Crippen molar-refractivity contribution in [3.05, 3.63) is 35.4 Å². The van der Waals surface area contributed by atoms with Crippen molar-refractivity contribution < 1.29 is 4.79 Å². The third kappa shape index (κ3) is 2.99. The quantitative estimate of drug-likeness (QED) is 0.714. The Labute approximate surface area is 138 Å². The van der Waals surface area contributed by atoms with Gasteiger partial charge in [-0.15, -0.1) is 10.2 Å². The van der Waals surface area contributed by atoms with Gasteiger partial charge in [-0.25, -0.2) is 4.98 Å². The summed E-state index contributed by atoms with van der Waals surface area (Å²) in [6, 6.07) is 1.92. The van der Waals surface area contributed by atoms with Crippen LogP contribution in [-0.2, 0) is 6.42 Å². The highest BCUT2D eigenvalue weighted by atomic mass is 16.2. The summed E-state index contributed by atoms with van der Waals surface area (Å²) in [5, 5.41) is 14.9. The van der Waals surface area contributed by atoms with Crippen molar-refractivity contribution in [1.29, 1.82) is 0 Å². The Hall–Kier alpha value is -2.77. The van der Waals surface area contributed by atoms with E-state index in [1.807, 2.05) is 24.1 Å². The average Bonchev–Trinajstić information content (AvgIpc) is 3.12. The molecule has 0 saturated heterocycles. The van der Waals surface area contributed by atoms with Gasteiger partial charge < -0.3 is 9.88 Å². The summed E-state index contributed by atoms with van der Waals surface area (Å²) in [5.74, 6) is 1.25. The molecule has 3 aromatic heterocycles. The molecule has 2 N–H and O–H groups in total. The van der Waals surface area contributed by atoms with Crippen molar-refractivity contribution >= 4 is 16.9 Å². The monoisotopic (exact) mass is 325 g/mol. The van der Waals surface area contributed by atoms with Gasteiger partial charge in [0.15, 0.2) is 5.82 Å². The summed E-state index contributed by atoms with van der Waals surface area (Å²) in [6.07, 6.45) is 6.53. The maximum atomic E-state index is 13.0. The summed E-state index contributed by atoms with van der Waals surface area (Å²) in [7, 11) is 0. The third-order valence-electron chi connectivity index (χ3n) is 4.44. The molecule has 0 spiro atoms. The second-order valence-corrected chi connectivity index (χ2v) is 6.36. The molecular weight excluding hydrogens is 306 g/mol. The van der Waals surface area contributed by atoms with Crippen molar-refractivity contribution in [3.63, 3.8) is 0 Å². The first-order valence-electron chi connectivity index (χ1n) is 8.16. The molecule has 8 heteroatoms. The van der Waals surface area contributed by atoms with E-state index in [4.69, 9.17) is 0 Å². The second kappa shape index (κ2) is 6.03. The molecule has 24 heavy (non-hydrogen) atoms. The predicted molar refractivity (Wildman–Crippen MR) is 87.3 cm³/mol. The first-order valence-corrected chi connectivity index (χ1v) is 8.16. The van der Waals surface area contributed by atoms with E-state index in [-0.39, 0.29) is 5.91 Å². The number of aromatic nitrogens is 6. The van der Waals surface area contributed by atoms with E-state index in [0.29, 0.717) is 30.3 Å². The fourth-order valence-corrected chi connectivity index (χ4v) is 2.85. The Balaban J connectivity index is 1.55. The number of aryl methyl sites for hydroxylation is 1. The number of nitrogens with one attached hydrogen (secondary N) is 2. The number of fused-ring (bicyclic) bond motifs is 1. The van der Waals surface area contributed by atoms with Crippen LogP contribution in [0.4, 0.5) is 0 Å². The molecular formula is C16H19N7O. The van der Waals surface area contributed by atoms with Gasteiger partial charge in [0.25, 0.3) is 5.91 Å². The molecule has 3 heterocycles. The van der Waals surface area contributed by atoms with Gasteiger partial charge in [-0.2, -0.15) is 5.21 Å². The van der Waals surface area contributed by atoms with Gasteiger partial charge in [-0.1, -0.05) is 5.21 Å². The molecule has 4 rings (SSSR count). The lowest BCUT2D eigenvalue weighted by atomic mass is 10.1. The van der Waals surface area contributed by atoms with Crippen molar-refractivity contribution in [3.8, 4) is 0 Å². The van der Waals surface area contributed by atoms with Crippen molar-refractivity contribution in [1.82, 2.24) is 35.5 Å². The molecule has 124 valence electrons. The standard InChI is InChI=1S/C16H19N7O/c1-10-7-17-15-13(10)6-12(8-18-15)16(24)23(9-11-2-3-11)5-4-14-19-21-22-20-14/h6-8,11H,2-5,9H2,1H3,(H,17,18)(H,19,20,21,22). The summed E-state index contributed by atoms with van der Waals surface area (Å²) >= 11 is 0. The van der Waals surface area contributed by atoms with Crippen LogP contribution in [0.25, 0.3) is 11.0 Å². The highest BCUT2D eigenvalue weighted by Crippen LogP contribution is 2.30. The molecule has 0 aliphatic heterocycles. The van der Waals surface area contributed by atoms with Crippen LogP contribution in [0.15, 0.2) is 18.5 Å². The maximum absolute atomic E-state index is 13.0. The Morgan fingerprint density at radius 2 is 2.29 bits per heavy atom. The van der Waals surface area contributed by atoms with Crippen LogP contribution < -0.4 is 0 Å². The molecule has 1 amide bonds. The lowest BCUT2D eigenvalue weighted by Crippen LogP contribution is -2.35. The van der Waals surface area contributed by atoms with Crippen LogP contribution in [0.5, 0.6) is 0 Å². The molecule has 1 aliphatic rings. The highest BCUT2D eigenvalue weighted by Gasteiger charge is 2.27. The Morgan fingerprint density at radius 1 is 1.42 bits per heavy atom. The molecule has 1 fully saturated rings. The van der Waals surface area contributed by atoms with Gasteiger partial charge in [-0.3, -0.25) is 4.79 Å². The van der Waals surface area contributed by atoms with Gasteiger partial charge in [0.1, 0.15) is 5.65 Å². The predicted octanol–water partition coefficient (Wildman–Crippen LogP) is 1.48. The molecule has 1 saturated carbocycles. The summed E-state index contributed by atoms with van der Waals surface area (Å²) in [5.41, 5.74) is 2.52. The number of hydrogen-bond acceptors (Lipinski definition) is 5. The minimum Gasteiger partial charge on any atom is -0.346 e. The molecule has 3 aromatic rings. The van der Waals surface area contributed by atoms with Gasteiger partial charge in [0.2, 0.25) is 0 Å². The number of pyridine rings is 1. The number of amides is 1. The number of hydrogen-bond donors (Lipinski definition) is 2. The molecule has 0 aromatic carbocycles. The fourth-order valence-electron chi connectivity index (χ4n) is 2.85. The lowest BCUT2D eigenvalue weighted by Gasteiger charge is -2.22. The van der Waals surface area contributed by atoms with Crippen LogP contribution in [0, 0.1) is 12.8 Å². The molecule has 0 atom stereocenters. The van der Waals surface area contributed by atoms with E-state index in [1.165, 1.54) is 12.8 Å². The van der Waals surface area contributed by atoms with Gasteiger partial charge >= 0.3 is 0 Å². The van der Waals surface area contributed by atoms with Crippen LogP contribution >= 0.6 is 0 Å². The number of carbonyl (C=O) groups is 1. The molecule has 0 radical (unpaired) electrons. The van der Waals surface area contributed by atoms with Crippen molar-refractivity contribution in [2.24, 2.45) is 5.92 Å². The Kier molecular flexibility index (Phi) is 3.72. The van der Waals surface area contributed by atoms with Gasteiger partial charge in [0.05, 0.1) is 5.56 Å². The number of nitrogens with zero attached hydrogens (tertiary/aromatic N) is 5. The highest BCUT2D eigenvalue weighted by molar-refractivity contribution is 5.97. The minimum atomic E-state index is 0.0143. The van der Waals surface area contributed by atoms with Crippen LogP contribution in [0.1, 0.15) is 34.6 Å². The van der Waals surface area contributed by atoms with E-state index in [0.717, 1.165) is 23.1 Å². The van der Waals surface area contributed by atoms with Crippen molar-refractivity contribution in [2.45, 2.75) is 26.2 Å². The minimum absolute atomic E-state index is 0.0143. The lowest BCUT2D eigenvalue weighted by molar-refractivity contribution is 0.0748. The van der Waals surface area contributed by atoms with E-state index >= 15 is 0 Å². The number of aromatic amines is 2. The van der Waals surface area contributed by atoms with E-state index < -0.39 is 0 Å². The summed E-state index contributed by atoms with van der Waals surface area (Å²) < 4.78 is 0.